The average Bonchev–Trinajstić information content (AvgIpc) is 2.26. The third-order valence-corrected chi connectivity index (χ3v) is 2.03. The predicted octanol–water partition coefficient (Wildman–Crippen LogP) is 1.84. The van der Waals surface area contributed by atoms with Crippen LogP contribution in [0.3, 0.4) is 0 Å². The van der Waals surface area contributed by atoms with Crippen LogP contribution in [0.5, 0.6) is 0 Å². The molecule has 0 saturated carbocycles. The van der Waals surface area contributed by atoms with E-state index in [-0.39, 0.29) is 11.7 Å². The monoisotopic (exact) mass is 201 g/mol. The Hall–Kier alpha value is -1.59. The summed E-state index contributed by atoms with van der Waals surface area (Å²) < 4.78 is 0. The molecule has 2 N–H and O–H groups in total. The first-order valence-corrected chi connectivity index (χ1v) is 4.98. The minimum absolute atomic E-state index is 0.0333. The van der Waals surface area contributed by atoms with Crippen LogP contribution < -0.4 is 5.73 Å². The molecule has 0 atom stereocenters. The van der Waals surface area contributed by atoms with Gasteiger partial charge in [-0.2, -0.15) is 0 Å². The molecule has 2 heteroatoms. The van der Waals surface area contributed by atoms with Crippen molar-refractivity contribution in [1.29, 1.82) is 0 Å². The van der Waals surface area contributed by atoms with Crippen molar-refractivity contribution in [1.82, 2.24) is 0 Å². The first-order chi connectivity index (χ1) is 7.15. The number of hydrogen-bond donors (Lipinski definition) is 1. The molecule has 0 radical (unpaired) electrons. The largest absolute Gasteiger partial charge is 0.320 e. The Morgan fingerprint density at radius 1 is 1.33 bits per heavy atom. The zero-order chi connectivity index (χ0) is 11.3. The van der Waals surface area contributed by atoms with Gasteiger partial charge in [0.1, 0.15) is 0 Å². The van der Waals surface area contributed by atoms with Gasteiger partial charge in [-0.25, -0.2) is 0 Å². The SMILES string of the molecule is CC(C)C(=O)c1ccc(C#CCN)cc1. The first-order valence-electron chi connectivity index (χ1n) is 4.98. The summed E-state index contributed by atoms with van der Waals surface area (Å²) in [6, 6.07) is 7.31. The minimum Gasteiger partial charge on any atom is -0.320 e. The van der Waals surface area contributed by atoms with Crippen LogP contribution in [0.15, 0.2) is 24.3 Å². The Morgan fingerprint density at radius 2 is 1.93 bits per heavy atom. The van der Waals surface area contributed by atoms with Crippen LogP contribution in [0.2, 0.25) is 0 Å². The molecule has 78 valence electrons. The molecule has 15 heavy (non-hydrogen) atoms. The highest BCUT2D eigenvalue weighted by Crippen LogP contribution is 2.09. The van der Waals surface area contributed by atoms with Gasteiger partial charge < -0.3 is 5.73 Å². The second-order valence-electron chi connectivity index (χ2n) is 3.60. The highest BCUT2D eigenvalue weighted by Gasteiger charge is 2.09. The third-order valence-electron chi connectivity index (χ3n) is 2.03. The van der Waals surface area contributed by atoms with Gasteiger partial charge in [0.15, 0.2) is 5.78 Å². The molecule has 1 rings (SSSR count). The Labute approximate surface area is 90.5 Å². The van der Waals surface area contributed by atoms with Crippen LogP contribution in [-0.4, -0.2) is 12.3 Å². The molecule has 0 unspecified atom stereocenters. The average molecular weight is 201 g/mol. The maximum Gasteiger partial charge on any atom is 0.165 e. The number of ketones is 1. The van der Waals surface area contributed by atoms with Crippen molar-refractivity contribution in [2.24, 2.45) is 11.7 Å². The van der Waals surface area contributed by atoms with E-state index in [1.165, 1.54) is 0 Å². The highest BCUT2D eigenvalue weighted by molar-refractivity contribution is 5.97. The van der Waals surface area contributed by atoms with E-state index in [9.17, 15) is 4.79 Å². The fraction of sp³-hybridized carbons (Fsp3) is 0.308. The summed E-state index contributed by atoms with van der Waals surface area (Å²) in [7, 11) is 0. The molecule has 2 nitrogen and oxygen atoms in total. The lowest BCUT2D eigenvalue weighted by molar-refractivity contribution is 0.0939. The van der Waals surface area contributed by atoms with E-state index in [1.54, 1.807) is 0 Å². The third kappa shape index (κ3) is 3.23. The maximum atomic E-state index is 11.6. The van der Waals surface area contributed by atoms with Crippen LogP contribution >= 0.6 is 0 Å². The lowest BCUT2D eigenvalue weighted by atomic mass is 10.0. The van der Waals surface area contributed by atoms with Crippen molar-refractivity contribution < 1.29 is 4.79 Å². The summed E-state index contributed by atoms with van der Waals surface area (Å²) >= 11 is 0. The normalized spacial score (nSPS) is 9.60. The van der Waals surface area contributed by atoms with Crippen LogP contribution in [0.4, 0.5) is 0 Å². The van der Waals surface area contributed by atoms with Gasteiger partial charge in [-0.05, 0) is 12.1 Å². The molecular weight excluding hydrogens is 186 g/mol. The Morgan fingerprint density at radius 3 is 2.40 bits per heavy atom. The van der Waals surface area contributed by atoms with E-state index in [1.807, 2.05) is 38.1 Å². The summed E-state index contributed by atoms with van der Waals surface area (Å²) in [6.07, 6.45) is 0. The number of carbonyl (C=O) groups is 1. The van der Waals surface area contributed by atoms with Crippen LogP contribution in [-0.2, 0) is 0 Å². The van der Waals surface area contributed by atoms with Crippen molar-refractivity contribution in [3.63, 3.8) is 0 Å². The number of Topliss-reactive ketones (excluding diaryl/α,β-unsaturated/α-hetero) is 1. The number of nitrogens with two attached hydrogens (primary N) is 1. The Balaban J connectivity index is 2.85. The van der Waals surface area contributed by atoms with Gasteiger partial charge in [0, 0.05) is 17.0 Å². The number of hydrogen-bond acceptors (Lipinski definition) is 2. The molecule has 0 aliphatic heterocycles. The predicted molar refractivity (Wildman–Crippen MR) is 61.5 cm³/mol. The molecule has 1 aromatic carbocycles. The Kier molecular flexibility index (Phi) is 4.08. The van der Waals surface area contributed by atoms with Gasteiger partial charge in [-0.1, -0.05) is 37.8 Å². The van der Waals surface area contributed by atoms with E-state index >= 15 is 0 Å². The smallest absolute Gasteiger partial charge is 0.165 e. The van der Waals surface area contributed by atoms with Crippen molar-refractivity contribution >= 4 is 5.78 Å². The van der Waals surface area contributed by atoms with E-state index in [2.05, 4.69) is 11.8 Å². The fourth-order valence-corrected chi connectivity index (χ4v) is 1.20. The van der Waals surface area contributed by atoms with Gasteiger partial charge in [0.2, 0.25) is 0 Å². The van der Waals surface area contributed by atoms with E-state index < -0.39 is 0 Å². The summed E-state index contributed by atoms with van der Waals surface area (Å²) in [6.45, 7) is 4.14. The molecule has 0 aromatic heterocycles. The summed E-state index contributed by atoms with van der Waals surface area (Å²) in [5, 5.41) is 0. The second-order valence-corrected chi connectivity index (χ2v) is 3.60. The van der Waals surface area contributed by atoms with Crippen LogP contribution in [0.1, 0.15) is 29.8 Å². The zero-order valence-corrected chi connectivity index (χ0v) is 9.08. The maximum absolute atomic E-state index is 11.6. The number of carbonyl (C=O) groups excluding carboxylic acids is 1. The van der Waals surface area contributed by atoms with Crippen LogP contribution in [0.25, 0.3) is 0 Å². The van der Waals surface area contributed by atoms with Gasteiger partial charge in [0.25, 0.3) is 0 Å². The molecule has 1 aromatic rings. The fourth-order valence-electron chi connectivity index (χ4n) is 1.20. The van der Waals surface area contributed by atoms with Crippen molar-refractivity contribution in [2.45, 2.75) is 13.8 Å². The molecular formula is C13H15NO. The molecule has 0 fully saturated rings. The lowest BCUT2D eigenvalue weighted by Gasteiger charge is -2.03. The lowest BCUT2D eigenvalue weighted by Crippen LogP contribution is -2.06. The number of rotatable bonds is 2. The molecule has 0 spiro atoms. The van der Waals surface area contributed by atoms with Crippen molar-refractivity contribution in [2.75, 3.05) is 6.54 Å². The molecule has 0 amide bonds. The summed E-state index contributed by atoms with van der Waals surface area (Å²) in [4.78, 5) is 11.6. The van der Waals surface area contributed by atoms with Gasteiger partial charge >= 0.3 is 0 Å². The topological polar surface area (TPSA) is 43.1 Å². The van der Waals surface area contributed by atoms with Gasteiger partial charge in [0.05, 0.1) is 6.54 Å². The van der Waals surface area contributed by atoms with E-state index in [4.69, 9.17) is 5.73 Å². The molecule has 0 saturated heterocycles. The molecule has 0 bridgehead atoms. The minimum atomic E-state index is 0.0333. The molecule has 0 aliphatic carbocycles. The van der Waals surface area contributed by atoms with E-state index in [0.717, 1.165) is 11.1 Å². The Bertz CT molecular complexity index is 393. The van der Waals surface area contributed by atoms with E-state index in [0.29, 0.717) is 6.54 Å². The summed E-state index contributed by atoms with van der Waals surface area (Å²) in [5.41, 5.74) is 6.90. The molecule has 0 heterocycles. The zero-order valence-electron chi connectivity index (χ0n) is 9.08. The summed E-state index contributed by atoms with van der Waals surface area (Å²) in [5.74, 6) is 5.88. The van der Waals surface area contributed by atoms with Gasteiger partial charge in [-0.15, -0.1) is 0 Å². The number of benzene rings is 1. The standard InChI is InChI=1S/C13H15NO/c1-10(2)13(15)12-7-5-11(6-8-12)4-3-9-14/h5-8,10H,9,14H2,1-2H3. The first kappa shape index (κ1) is 11.5. The van der Waals surface area contributed by atoms with Crippen molar-refractivity contribution in [3.05, 3.63) is 35.4 Å². The van der Waals surface area contributed by atoms with Crippen LogP contribution in [0, 0.1) is 17.8 Å². The highest BCUT2D eigenvalue weighted by atomic mass is 16.1. The molecule has 0 aliphatic rings. The quantitative estimate of drug-likeness (QED) is 0.586. The second kappa shape index (κ2) is 5.33. The van der Waals surface area contributed by atoms with Gasteiger partial charge in [-0.3, -0.25) is 4.79 Å². The van der Waals surface area contributed by atoms with Crippen molar-refractivity contribution in [3.8, 4) is 11.8 Å².